The highest BCUT2D eigenvalue weighted by atomic mass is 16.5. The van der Waals surface area contributed by atoms with Gasteiger partial charge in [-0.3, -0.25) is 4.90 Å². The summed E-state index contributed by atoms with van der Waals surface area (Å²) < 4.78 is 5.54. The Hall–Kier alpha value is -0.120. The number of nitrogens with zero attached hydrogens (tertiary/aromatic N) is 1. The van der Waals surface area contributed by atoms with E-state index in [4.69, 9.17) is 4.74 Å². The molecule has 3 rings (SSSR count). The molecule has 3 atom stereocenters. The molecule has 1 unspecified atom stereocenters. The normalized spacial score (nSPS) is 42.8. The maximum atomic E-state index is 5.54. The van der Waals surface area contributed by atoms with E-state index in [1.54, 1.807) is 0 Å². The van der Waals surface area contributed by atoms with E-state index in [2.05, 4.69) is 10.2 Å². The van der Waals surface area contributed by atoms with Crippen molar-refractivity contribution < 1.29 is 4.74 Å². The van der Waals surface area contributed by atoms with Crippen LogP contribution in [0.25, 0.3) is 0 Å². The monoisotopic (exact) mass is 210 g/mol. The van der Waals surface area contributed by atoms with E-state index in [1.807, 2.05) is 0 Å². The molecule has 15 heavy (non-hydrogen) atoms. The molecular formula is C12H22N2O. The minimum absolute atomic E-state index is 0.818. The van der Waals surface area contributed by atoms with Gasteiger partial charge in [0.25, 0.3) is 0 Å². The molecule has 1 N–H and O–H groups in total. The second-order valence-electron chi connectivity index (χ2n) is 5.33. The average Bonchev–Trinajstić information content (AvgIpc) is 2.70. The molecule has 0 aromatic rings. The lowest BCUT2D eigenvalue weighted by Gasteiger charge is -2.27. The topological polar surface area (TPSA) is 24.5 Å². The molecule has 3 saturated heterocycles. The number of likely N-dealkylation sites (tertiary alicyclic amines) is 1. The second kappa shape index (κ2) is 4.40. The van der Waals surface area contributed by atoms with Crippen LogP contribution < -0.4 is 5.32 Å². The molecular weight excluding hydrogens is 188 g/mol. The fourth-order valence-corrected chi connectivity index (χ4v) is 3.44. The summed E-state index contributed by atoms with van der Waals surface area (Å²) in [5, 5.41) is 3.51. The highest BCUT2D eigenvalue weighted by Gasteiger charge is 2.38. The molecule has 3 heterocycles. The number of hydrogen-bond donors (Lipinski definition) is 1. The largest absolute Gasteiger partial charge is 0.381 e. The van der Waals surface area contributed by atoms with Crippen LogP contribution in [0.5, 0.6) is 0 Å². The van der Waals surface area contributed by atoms with Crippen LogP contribution in [0, 0.1) is 11.8 Å². The number of rotatable bonds is 1. The second-order valence-corrected chi connectivity index (χ2v) is 5.33. The van der Waals surface area contributed by atoms with Crippen LogP contribution in [-0.2, 0) is 4.74 Å². The Labute approximate surface area is 92.2 Å². The summed E-state index contributed by atoms with van der Waals surface area (Å²) in [6.45, 7) is 7.15. The Kier molecular flexibility index (Phi) is 2.95. The van der Waals surface area contributed by atoms with Gasteiger partial charge in [0.2, 0.25) is 0 Å². The standard InChI is InChI=1S/C12H22N2O/c1-2-12(3-5-15-4-1)14-8-10-6-13-7-11(10)9-14/h10-13H,1-9H2/t10-,11+,12?. The zero-order chi connectivity index (χ0) is 10.1. The third-order valence-corrected chi connectivity index (χ3v) is 4.36. The molecule has 0 saturated carbocycles. The molecule has 3 aliphatic heterocycles. The van der Waals surface area contributed by atoms with Crippen molar-refractivity contribution in [1.29, 1.82) is 0 Å². The summed E-state index contributed by atoms with van der Waals surface area (Å²) in [4.78, 5) is 2.74. The van der Waals surface area contributed by atoms with Gasteiger partial charge in [0.15, 0.2) is 0 Å². The first-order valence-electron chi connectivity index (χ1n) is 6.46. The van der Waals surface area contributed by atoms with E-state index in [9.17, 15) is 0 Å². The Morgan fingerprint density at radius 2 is 1.80 bits per heavy atom. The van der Waals surface area contributed by atoms with Crippen molar-refractivity contribution in [3.8, 4) is 0 Å². The van der Waals surface area contributed by atoms with Crippen molar-refractivity contribution in [2.45, 2.75) is 25.3 Å². The van der Waals surface area contributed by atoms with E-state index >= 15 is 0 Å². The number of ether oxygens (including phenoxy) is 1. The minimum atomic E-state index is 0.818. The Morgan fingerprint density at radius 3 is 2.60 bits per heavy atom. The number of hydrogen-bond acceptors (Lipinski definition) is 3. The van der Waals surface area contributed by atoms with Crippen LogP contribution in [-0.4, -0.2) is 50.3 Å². The van der Waals surface area contributed by atoms with Crippen molar-refractivity contribution in [3.05, 3.63) is 0 Å². The molecule has 0 aromatic carbocycles. The summed E-state index contributed by atoms with van der Waals surface area (Å²) in [5.41, 5.74) is 0. The average molecular weight is 210 g/mol. The number of fused-ring (bicyclic) bond motifs is 1. The van der Waals surface area contributed by atoms with Gasteiger partial charge in [-0.25, -0.2) is 0 Å². The van der Waals surface area contributed by atoms with E-state index in [0.717, 1.165) is 31.1 Å². The molecule has 0 aliphatic carbocycles. The van der Waals surface area contributed by atoms with E-state index < -0.39 is 0 Å². The van der Waals surface area contributed by atoms with Crippen molar-refractivity contribution in [3.63, 3.8) is 0 Å². The maximum absolute atomic E-state index is 5.54. The van der Waals surface area contributed by atoms with Crippen molar-refractivity contribution >= 4 is 0 Å². The van der Waals surface area contributed by atoms with Gasteiger partial charge in [0.05, 0.1) is 0 Å². The molecule has 0 aromatic heterocycles. The van der Waals surface area contributed by atoms with Crippen molar-refractivity contribution in [2.24, 2.45) is 11.8 Å². The lowest BCUT2D eigenvalue weighted by Crippen LogP contribution is -2.35. The first kappa shape index (κ1) is 10.1. The maximum Gasteiger partial charge on any atom is 0.0480 e. The van der Waals surface area contributed by atoms with Crippen LogP contribution in [0.1, 0.15) is 19.3 Å². The van der Waals surface area contributed by atoms with Crippen LogP contribution in [0.2, 0.25) is 0 Å². The molecule has 0 radical (unpaired) electrons. The van der Waals surface area contributed by atoms with E-state index in [0.29, 0.717) is 0 Å². The highest BCUT2D eigenvalue weighted by molar-refractivity contribution is 4.93. The Bertz CT molecular complexity index is 202. The van der Waals surface area contributed by atoms with Gasteiger partial charge in [0, 0.05) is 32.3 Å². The van der Waals surface area contributed by atoms with Crippen LogP contribution in [0.3, 0.4) is 0 Å². The van der Waals surface area contributed by atoms with Crippen molar-refractivity contribution in [1.82, 2.24) is 10.2 Å². The minimum Gasteiger partial charge on any atom is -0.381 e. The van der Waals surface area contributed by atoms with Crippen LogP contribution in [0.4, 0.5) is 0 Å². The van der Waals surface area contributed by atoms with Crippen LogP contribution >= 0.6 is 0 Å². The van der Waals surface area contributed by atoms with E-state index in [1.165, 1.54) is 45.4 Å². The predicted molar refractivity (Wildman–Crippen MR) is 59.9 cm³/mol. The highest BCUT2D eigenvalue weighted by Crippen LogP contribution is 2.30. The van der Waals surface area contributed by atoms with Crippen molar-refractivity contribution in [2.75, 3.05) is 39.4 Å². The molecule has 3 fully saturated rings. The molecule has 3 heteroatoms. The predicted octanol–water partition coefficient (Wildman–Crippen LogP) is 0.707. The van der Waals surface area contributed by atoms with Crippen LogP contribution in [0.15, 0.2) is 0 Å². The molecule has 3 nitrogen and oxygen atoms in total. The Morgan fingerprint density at radius 1 is 1.00 bits per heavy atom. The zero-order valence-electron chi connectivity index (χ0n) is 9.45. The molecule has 3 aliphatic rings. The first-order valence-corrected chi connectivity index (χ1v) is 6.46. The van der Waals surface area contributed by atoms with Gasteiger partial charge < -0.3 is 10.1 Å². The quantitative estimate of drug-likeness (QED) is 0.690. The zero-order valence-corrected chi connectivity index (χ0v) is 9.45. The fourth-order valence-electron chi connectivity index (χ4n) is 3.44. The molecule has 0 bridgehead atoms. The van der Waals surface area contributed by atoms with Gasteiger partial charge in [-0.1, -0.05) is 0 Å². The molecule has 86 valence electrons. The first-order chi connectivity index (χ1) is 7.43. The third kappa shape index (κ3) is 2.05. The summed E-state index contributed by atoms with van der Waals surface area (Å²) in [7, 11) is 0. The van der Waals surface area contributed by atoms with Gasteiger partial charge in [0.1, 0.15) is 0 Å². The van der Waals surface area contributed by atoms with Gasteiger partial charge in [-0.05, 0) is 44.2 Å². The fraction of sp³-hybridized carbons (Fsp3) is 1.00. The molecule has 0 amide bonds. The summed E-state index contributed by atoms with van der Waals surface area (Å²) >= 11 is 0. The third-order valence-electron chi connectivity index (χ3n) is 4.36. The molecule has 0 spiro atoms. The summed E-state index contributed by atoms with van der Waals surface area (Å²) in [6.07, 6.45) is 3.87. The SMILES string of the molecule is C1COCCC(N2C[C@H]3CNC[C@H]3C2)C1. The van der Waals surface area contributed by atoms with E-state index in [-0.39, 0.29) is 0 Å². The smallest absolute Gasteiger partial charge is 0.0480 e. The van der Waals surface area contributed by atoms with Gasteiger partial charge >= 0.3 is 0 Å². The lowest BCUT2D eigenvalue weighted by atomic mass is 10.0. The Balaban J connectivity index is 1.58. The van der Waals surface area contributed by atoms with Gasteiger partial charge in [-0.15, -0.1) is 0 Å². The number of nitrogens with one attached hydrogen (secondary N) is 1. The van der Waals surface area contributed by atoms with Gasteiger partial charge in [-0.2, -0.15) is 0 Å². The lowest BCUT2D eigenvalue weighted by molar-refractivity contribution is 0.133. The summed E-state index contributed by atoms with van der Waals surface area (Å²) in [6, 6.07) is 0.818. The summed E-state index contributed by atoms with van der Waals surface area (Å²) in [5.74, 6) is 1.88.